The highest BCUT2D eigenvalue weighted by molar-refractivity contribution is 5.80. The second-order valence-corrected chi connectivity index (χ2v) is 4.07. The van der Waals surface area contributed by atoms with Crippen molar-refractivity contribution < 1.29 is 14.3 Å². The van der Waals surface area contributed by atoms with Gasteiger partial charge >= 0.3 is 0 Å². The minimum absolute atomic E-state index is 0.0250. The maximum atomic E-state index is 11.5. The SMILES string of the molecule is CC(C)OCCCNC(=O)C1CCCO1. The molecule has 0 bridgehead atoms. The van der Waals surface area contributed by atoms with E-state index in [9.17, 15) is 4.79 Å². The van der Waals surface area contributed by atoms with Crippen LogP contribution in [0.3, 0.4) is 0 Å². The molecule has 1 atom stereocenters. The first-order valence-electron chi connectivity index (χ1n) is 5.71. The molecule has 0 aliphatic carbocycles. The summed E-state index contributed by atoms with van der Waals surface area (Å²) < 4.78 is 10.6. The minimum atomic E-state index is -0.212. The van der Waals surface area contributed by atoms with Gasteiger partial charge in [0.1, 0.15) is 6.10 Å². The lowest BCUT2D eigenvalue weighted by Gasteiger charge is -2.11. The lowest BCUT2D eigenvalue weighted by atomic mass is 10.2. The third kappa shape index (κ3) is 5.14. The Labute approximate surface area is 91.3 Å². The summed E-state index contributed by atoms with van der Waals surface area (Å²) in [5, 5.41) is 2.85. The Morgan fingerprint density at radius 3 is 3.00 bits per heavy atom. The Hall–Kier alpha value is -0.610. The Morgan fingerprint density at radius 2 is 2.40 bits per heavy atom. The predicted molar refractivity (Wildman–Crippen MR) is 57.7 cm³/mol. The van der Waals surface area contributed by atoms with Crippen LogP contribution >= 0.6 is 0 Å². The van der Waals surface area contributed by atoms with E-state index in [0.717, 1.165) is 19.3 Å². The van der Waals surface area contributed by atoms with Gasteiger partial charge in [-0.25, -0.2) is 0 Å². The van der Waals surface area contributed by atoms with Crippen LogP contribution in [0.4, 0.5) is 0 Å². The summed E-state index contributed by atoms with van der Waals surface area (Å²) in [6.45, 7) is 6.10. The predicted octanol–water partition coefficient (Wildman–Crippen LogP) is 1.10. The number of hydrogen-bond donors (Lipinski definition) is 1. The summed E-state index contributed by atoms with van der Waals surface area (Å²) >= 11 is 0. The summed E-state index contributed by atoms with van der Waals surface area (Å²) in [4.78, 5) is 11.5. The van der Waals surface area contributed by atoms with Gasteiger partial charge in [0, 0.05) is 19.8 Å². The Morgan fingerprint density at radius 1 is 1.60 bits per heavy atom. The number of carbonyl (C=O) groups excluding carboxylic acids is 1. The van der Waals surface area contributed by atoms with E-state index in [-0.39, 0.29) is 18.1 Å². The normalized spacial score (nSPS) is 20.9. The molecule has 1 aliphatic rings. The van der Waals surface area contributed by atoms with Crippen LogP contribution in [0.5, 0.6) is 0 Å². The van der Waals surface area contributed by atoms with Crippen molar-refractivity contribution in [1.29, 1.82) is 0 Å². The molecule has 1 N–H and O–H groups in total. The minimum Gasteiger partial charge on any atom is -0.379 e. The quantitative estimate of drug-likeness (QED) is 0.675. The summed E-state index contributed by atoms with van der Waals surface area (Å²) in [6.07, 6.45) is 2.76. The fourth-order valence-corrected chi connectivity index (χ4v) is 1.50. The van der Waals surface area contributed by atoms with Crippen LogP contribution in [0.2, 0.25) is 0 Å². The monoisotopic (exact) mass is 215 g/mol. The topological polar surface area (TPSA) is 47.6 Å². The molecule has 0 aromatic carbocycles. The molecule has 0 aromatic heterocycles. The largest absolute Gasteiger partial charge is 0.379 e. The number of carbonyl (C=O) groups is 1. The van der Waals surface area contributed by atoms with Crippen LogP contribution < -0.4 is 5.32 Å². The third-order valence-electron chi connectivity index (χ3n) is 2.29. The zero-order chi connectivity index (χ0) is 11.1. The number of amides is 1. The fraction of sp³-hybridized carbons (Fsp3) is 0.909. The van der Waals surface area contributed by atoms with E-state index in [1.807, 2.05) is 13.8 Å². The van der Waals surface area contributed by atoms with Gasteiger partial charge in [0.05, 0.1) is 6.10 Å². The molecule has 1 heterocycles. The van der Waals surface area contributed by atoms with Crippen molar-refractivity contribution in [2.24, 2.45) is 0 Å². The van der Waals surface area contributed by atoms with Crippen LogP contribution in [0.25, 0.3) is 0 Å². The molecule has 1 rings (SSSR count). The molecule has 0 spiro atoms. The highest BCUT2D eigenvalue weighted by Crippen LogP contribution is 2.11. The van der Waals surface area contributed by atoms with Gasteiger partial charge in [-0.1, -0.05) is 0 Å². The molecule has 1 saturated heterocycles. The first-order valence-corrected chi connectivity index (χ1v) is 5.71. The summed E-state index contributed by atoms with van der Waals surface area (Å²) in [5.41, 5.74) is 0. The van der Waals surface area contributed by atoms with Crippen molar-refractivity contribution in [2.45, 2.75) is 45.3 Å². The molecule has 4 heteroatoms. The maximum Gasteiger partial charge on any atom is 0.249 e. The van der Waals surface area contributed by atoms with Crippen LogP contribution in [0.15, 0.2) is 0 Å². The van der Waals surface area contributed by atoms with Crippen molar-refractivity contribution in [1.82, 2.24) is 5.32 Å². The molecule has 1 fully saturated rings. The van der Waals surface area contributed by atoms with E-state index < -0.39 is 0 Å². The molecule has 1 amide bonds. The molecule has 1 unspecified atom stereocenters. The van der Waals surface area contributed by atoms with Crippen molar-refractivity contribution in [3.05, 3.63) is 0 Å². The Kier molecular flexibility index (Phi) is 5.65. The summed E-state index contributed by atoms with van der Waals surface area (Å²) in [6, 6.07) is 0. The van der Waals surface area contributed by atoms with Crippen LogP contribution in [-0.4, -0.2) is 37.9 Å². The van der Waals surface area contributed by atoms with Crippen molar-refractivity contribution in [3.63, 3.8) is 0 Å². The van der Waals surface area contributed by atoms with Gasteiger partial charge in [0.25, 0.3) is 0 Å². The van der Waals surface area contributed by atoms with Crippen molar-refractivity contribution in [2.75, 3.05) is 19.8 Å². The number of nitrogens with one attached hydrogen (secondary N) is 1. The number of rotatable bonds is 6. The average Bonchev–Trinajstić information content (AvgIpc) is 2.69. The van der Waals surface area contributed by atoms with Gasteiger partial charge in [-0.3, -0.25) is 4.79 Å². The van der Waals surface area contributed by atoms with E-state index in [0.29, 0.717) is 19.8 Å². The van der Waals surface area contributed by atoms with Crippen molar-refractivity contribution >= 4 is 5.91 Å². The van der Waals surface area contributed by atoms with E-state index in [2.05, 4.69) is 5.32 Å². The van der Waals surface area contributed by atoms with Gasteiger partial charge < -0.3 is 14.8 Å². The fourth-order valence-electron chi connectivity index (χ4n) is 1.50. The van der Waals surface area contributed by atoms with E-state index >= 15 is 0 Å². The third-order valence-corrected chi connectivity index (χ3v) is 2.29. The second kappa shape index (κ2) is 6.80. The smallest absolute Gasteiger partial charge is 0.249 e. The van der Waals surface area contributed by atoms with Gasteiger partial charge in [0.15, 0.2) is 0 Å². The molecule has 0 radical (unpaired) electrons. The van der Waals surface area contributed by atoms with E-state index in [4.69, 9.17) is 9.47 Å². The zero-order valence-electron chi connectivity index (χ0n) is 9.62. The van der Waals surface area contributed by atoms with E-state index in [1.165, 1.54) is 0 Å². The molecule has 0 aromatic rings. The van der Waals surface area contributed by atoms with Crippen LogP contribution in [0.1, 0.15) is 33.1 Å². The number of ether oxygens (including phenoxy) is 2. The lowest BCUT2D eigenvalue weighted by molar-refractivity contribution is -0.130. The Bertz CT molecular complexity index is 188. The number of hydrogen-bond acceptors (Lipinski definition) is 3. The highest BCUT2D eigenvalue weighted by Gasteiger charge is 2.22. The highest BCUT2D eigenvalue weighted by atomic mass is 16.5. The Balaban J connectivity index is 1.97. The summed E-state index contributed by atoms with van der Waals surface area (Å²) in [5.74, 6) is 0.0250. The molecule has 88 valence electrons. The average molecular weight is 215 g/mol. The second-order valence-electron chi connectivity index (χ2n) is 4.07. The summed E-state index contributed by atoms with van der Waals surface area (Å²) in [7, 11) is 0. The van der Waals surface area contributed by atoms with Gasteiger partial charge in [-0.2, -0.15) is 0 Å². The first kappa shape index (κ1) is 12.5. The lowest BCUT2D eigenvalue weighted by Crippen LogP contribution is -2.35. The molecule has 15 heavy (non-hydrogen) atoms. The van der Waals surface area contributed by atoms with E-state index in [1.54, 1.807) is 0 Å². The van der Waals surface area contributed by atoms with Gasteiger partial charge in [0.2, 0.25) is 5.91 Å². The van der Waals surface area contributed by atoms with Crippen molar-refractivity contribution in [3.8, 4) is 0 Å². The molecule has 0 saturated carbocycles. The first-order chi connectivity index (χ1) is 7.20. The molecular formula is C11H21NO3. The maximum absolute atomic E-state index is 11.5. The molecule has 1 aliphatic heterocycles. The van der Waals surface area contributed by atoms with Crippen LogP contribution in [-0.2, 0) is 14.3 Å². The molecule has 4 nitrogen and oxygen atoms in total. The van der Waals surface area contributed by atoms with Crippen LogP contribution in [0, 0.1) is 0 Å². The standard InChI is InChI=1S/C11H21NO3/c1-9(2)14-8-4-6-12-11(13)10-5-3-7-15-10/h9-10H,3-8H2,1-2H3,(H,12,13). The molecular weight excluding hydrogens is 194 g/mol. The van der Waals surface area contributed by atoms with Gasteiger partial charge in [-0.15, -0.1) is 0 Å². The van der Waals surface area contributed by atoms with Gasteiger partial charge in [-0.05, 0) is 33.1 Å². The zero-order valence-corrected chi connectivity index (χ0v) is 9.62.